The van der Waals surface area contributed by atoms with E-state index in [1.54, 1.807) is 6.07 Å². The summed E-state index contributed by atoms with van der Waals surface area (Å²) >= 11 is 0. The van der Waals surface area contributed by atoms with Gasteiger partial charge >= 0.3 is 0 Å². The number of aromatic hydroxyl groups is 1. The molecule has 9 rings (SSSR count). The van der Waals surface area contributed by atoms with Crippen LogP contribution < -0.4 is 0 Å². The van der Waals surface area contributed by atoms with E-state index in [1.165, 1.54) is 11.1 Å². The van der Waals surface area contributed by atoms with Gasteiger partial charge in [-0.2, -0.15) is 0 Å². The third kappa shape index (κ3) is 8.49. The molecule has 0 unspecified atom stereocenters. The summed E-state index contributed by atoms with van der Waals surface area (Å²) in [6, 6.07) is 45.9. The van der Waals surface area contributed by atoms with Gasteiger partial charge in [0.05, 0.1) is 22.3 Å². The Morgan fingerprint density at radius 2 is 1.16 bits per heavy atom. The van der Waals surface area contributed by atoms with E-state index < -0.39 is 0 Å². The molecule has 7 heteroatoms. The molecule has 4 heterocycles. The van der Waals surface area contributed by atoms with Gasteiger partial charge in [-0.1, -0.05) is 151 Å². The van der Waals surface area contributed by atoms with Crippen molar-refractivity contribution in [3.05, 3.63) is 169 Å². The van der Waals surface area contributed by atoms with Crippen LogP contribution in [0.1, 0.15) is 79.0 Å². The van der Waals surface area contributed by atoms with E-state index in [-0.39, 0.29) is 43.1 Å². The Labute approximate surface area is 385 Å². The number of aromatic nitrogens is 5. The summed E-state index contributed by atoms with van der Waals surface area (Å²) in [4.78, 5) is 20.1. The second-order valence-corrected chi connectivity index (χ2v) is 19.4. The zero-order valence-corrected chi connectivity index (χ0v) is 39.6. The minimum atomic E-state index is -0.151. The standard InChI is InChI=1S/C56H52N5O.Pt/c1-54(2,3)41-17-20-44(21-18-41)61-49-30-37(35-14-11-10-12-15-35)28-46(52(49)60-53(61)47-31-42(55(4,5)6)19-22-50(47)62)40-27-39(33-57-34-40)45-29-38(26-36-16-13-24-59-51(36)45)48-32-43(23-25-58-48)56(7,8)9;/h10-26,28-34,62H,1-9H3;/q-1;. The fourth-order valence-electron chi connectivity index (χ4n) is 8.18. The minimum absolute atomic E-state index is 0. The molecule has 0 saturated heterocycles. The maximum atomic E-state index is 11.6. The number of rotatable bonds is 6. The predicted octanol–water partition coefficient (Wildman–Crippen LogP) is 14.1. The average Bonchev–Trinajstić information content (AvgIpc) is 3.64. The van der Waals surface area contributed by atoms with Crippen molar-refractivity contribution in [1.82, 2.24) is 24.5 Å². The molecule has 5 aromatic carbocycles. The Kier molecular flexibility index (Phi) is 11.4. The molecule has 63 heavy (non-hydrogen) atoms. The fourth-order valence-corrected chi connectivity index (χ4v) is 8.18. The van der Waals surface area contributed by atoms with E-state index in [0.29, 0.717) is 11.4 Å². The number of pyridine rings is 3. The molecule has 9 aromatic rings. The summed E-state index contributed by atoms with van der Waals surface area (Å²) in [7, 11) is 0. The number of benzene rings is 5. The summed E-state index contributed by atoms with van der Waals surface area (Å²) < 4.78 is 2.19. The summed E-state index contributed by atoms with van der Waals surface area (Å²) in [6.45, 7) is 19.9. The molecule has 1 N–H and O–H groups in total. The third-order valence-electron chi connectivity index (χ3n) is 11.8. The van der Waals surface area contributed by atoms with Crippen molar-refractivity contribution in [2.45, 2.75) is 78.6 Å². The number of hydrogen-bond donors (Lipinski definition) is 1. The molecule has 0 aliphatic carbocycles. The molecule has 0 bridgehead atoms. The van der Waals surface area contributed by atoms with E-state index in [2.05, 4.69) is 170 Å². The molecule has 318 valence electrons. The van der Waals surface area contributed by atoms with Gasteiger partial charge in [-0.15, -0.1) is 6.07 Å². The van der Waals surface area contributed by atoms with Crippen LogP contribution in [-0.4, -0.2) is 29.6 Å². The average molecular weight is 1010 g/mol. The van der Waals surface area contributed by atoms with Crippen molar-refractivity contribution in [3.8, 4) is 67.5 Å². The Balaban J connectivity index is 0.00000544. The molecular weight excluding hydrogens is 954 g/mol. The number of phenols is 1. The van der Waals surface area contributed by atoms with Crippen LogP contribution in [0.25, 0.3) is 83.6 Å². The number of nitrogens with zero attached hydrogens (tertiary/aromatic N) is 5. The number of phenolic OH excluding ortho intramolecular Hbond substituents is 1. The first-order valence-corrected chi connectivity index (χ1v) is 21.3. The monoisotopic (exact) mass is 1010 g/mol. The zero-order valence-electron chi connectivity index (χ0n) is 37.4. The Hall–Kier alpha value is -6.23. The summed E-state index contributed by atoms with van der Waals surface area (Å²) in [5, 5.41) is 12.7. The summed E-state index contributed by atoms with van der Waals surface area (Å²) in [5.74, 6) is 0.818. The van der Waals surface area contributed by atoms with E-state index in [1.807, 2.05) is 43.0 Å². The van der Waals surface area contributed by atoms with Gasteiger partial charge in [-0.3, -0.25) is 14.5 Å². The van der Waals surface area contributed by atoms with Gasteiger partial charge in [-0.25, -0.2) is 4.98 Å². The summed E-state index contributed by atoms with van der Waals surface area (Å²) in [5.41, 5.74) is 14.9. The van der Waals surface area contributed by atoms with Crippen LogP contribution in [0.5, 0.6) is 5.75 Å². The van der Waals surface area contributed by atoms with E-state index in [0.717, 1.165) is 77.8 Å². The van der Waals surface area contributed by atoms with Crippen LogP contribution >= 0.6 is 0 Å². The minimum Gasteiger partial charge on any atom is -0.507 e. The molecule has 0 saturated carbocycles. The first-order chi connectivity index (χ1) is 29.5. The topological polar surface area (TPSA) is 76.7 Å². The van der Waals surface area contributed by atoms with E-state index in [9.17, 15) is 5.11 Å². The van der Waals surface area contributed by atoms with Gasteiger partial charge in [-0.05, 0) is 122 Å². The number of imidazole rings is 1. The van der Waals surface area contributed by atoms with Crippen LogP contribution in [-0.2, 0) is 37.3 Å². The third-order valence-corrected chi connectivity index (χ3v) is 11.8. The Morgan fingerprint density at radius 1 is 0.524 bits per heavy atom. The Morgan fingerprint density at radius 3 is 1.84 bits per heavy atom. The maximum Gasteiger partial charge on any atom is 0.148 e. The van der Waals surface area contributed by atoms with Crippen molar-refractivity contribution < 1.29 is 26.2 Å². The van der Waals surface area contributed by atoms with Crippen molar-refractivity contribution in [2.24, 2.45) is 0 Å². The quantitative estimate of drug-likeness (QED) is 0.168. The van der Waals surface area contributed by atoms with Gasteiger partial charge in [0.15, 0.2) is 0 Å². The van der Waals surface area contributed by atoms with Crippen molar-refractivity contribution in [1.29, 1.82) is 0 Å². The molecule has 0 amide bonds. The normalized spacial score (nSPS) is 12.1. The van der Waals surface area contributed by atoms with Crippen molar-refractivity contribution in [3.63, 3.8) is 0 Å². The molecule has 4 aromatic heterocycles. The van der Waals surface area contributed by atoms with Gasteiger partial charge in [0, 0.05) is 44.7 Å². The first kappa shape index (κ1) is 43.4. The molecule has 0 spiro atoms. The largest absolute Gasteiger partial charge is 0.507 e. The van der Waals surface area contributed by atoms with Crippen molar-refractivity contribution >= 4 is 21.9 Å². The van der Waals surface area contributed by atoms with Crippen molar-refractivity contribution in [2.75, 3.05) is 0 Å². The molecular formula is C56H52N5OPt-. The molecule has 0 radical (unpaired) electrons. The molecule has 0 fully saturated rings. The van der Waals surface area contributed by atoms with Crippen LogP contribution in [0.3, 0.4) is 0 Å². The van der Waals surface area contributed by atoms with Gasteiger partial charge in [0.2, 0.25) is 0 Å². The van der Waals surface area contributed by atoms with E-state index >= 15 is 0 Å². The predicted molar refractivity (Wildman–Crippen MR) is 256 cm³/mol. The van der Waals surface area contributed by atoms with Crippen LogP contribution in [0.4, 0.5) is 0 Å². The van der Waals surface area contributed by atoms with Crippen LogP contribution in [0.2, 0.25) is 0 Å². The molecule has 6 nitrogen and oxygen atoms in total. The Bertz CT molecular complexity index is 3130. The molecule has 0 atom stereocenters. The molecule has 0 aliphatic heterocycles. The van der Waals surface area contributed by atoms with Gasteiger partial charge < -0.3 is 10.1 Å². The van der Waals surface area contributed by atoms with Gasteiger partial charge in [0.25, 0.3) is 0 Å². The smallest absolute Gasteiger partial charge is 0.148 e. The first-order valence-electron chi connectivity index (χ1n) is 21.3. The zero-order chi connectivity index (χ0) is 43.6. The number of hydrogen-bond acceptors (Lipinski definition) is 5. The fraction of sp³-hybridized carbons (Fsp3) is 0.214. The van der Waals surface area contributed by atoms with Crippen LogP contribution in [0, 0.1) is 6.07 Å². The molecule has 0 aliphatic rings. The second kappa shape index (κ2) is 16.5. The SMILES string of the molecule is CC(C)(C)c1ccc(-n2c(-c3cc(C(C)(C)C)ccc3O)nc3c(-c4[c-]c(-c5cc(-c6cc(C(C)(C)C)ccn6)cc6cccnc56)cnc4)cc(-c4ccccc4)cc32)cc1.[Pt]. The summed E-state index contributed by atoms with van der Waals surface area (Å²) in [6.07, 6.45) is 7.47. The van der Waals surface area contributed by atoms with E-state index in [4.69, 9.17) is 19.9 Å². The second-order valence-electron chi connectivity index (χ2n) is 19.4. The number of fused-ring (bicyclic) bond motifs is 2. The van der Waals surface area contributed by atoms with Crippen LogP contribution in [0.15, 0.2) is 146 Å². The maximum absolute atomic E-state index is 11.6. The van der Waals surface area contributed by atoms with Gasteiger partial charge in [0.1, 0.15) is 11.6 Å².